The van der Waals surface area contributed by atoms with Crippen molar-refractivity contribution in [2.45, 2.75) is 13.5 Å². The lowest BCUT2D eigenvalue weighted by Crippen LogP contribution is -2.16. The van der Waals surface area contributed by atoms with Crippen LogP contribution in [0.4, 0.5) is 11.5 Å². The third-order valence-electron chi connectivity index (χ3n) is 4.52. The van der Waals surface area contributed by atoms with Gasteiger partial charge in [-0.15, -0.1) is 0 Å². The van der Waals surface area contributed by atoms with E-state index in [0.717, 1.165) is 11.3 Å². The van der Waals surface area contributed by atoms with E-state index in [2.05, 4.69) is 10.4 Å². The highest BCUT2D eigenvalue weighted by molar-refractivity contribution is 6.32. The molecule has 1 N–H and O–H groups in total. The van der Waals surface area contributed by atoms with Crippen molar-refractivity contribution in [3.63, 3.8) is 0 Å². The normalized spacial score (nSPS) is 10.6. The Hall–Kier alpha value is -3.19. The average Bonchev–Trinajstić information content (AvgIpc) is 3.16. The van der Waals surface area contributed by atoms with Crippen LogP contribution in [0.5, 0.6) is 11.5 Å². The molecule has 1 aromatic heterocycles. The zero-order valence-corrected chi connectivity index (χ0v) is 18.2. The summed E-state index contributed by atoms with van der Waals surface area (Å²) in [7, 11) is 5.50. The lowest BCUT2D eigenvalue weighted by atomic mass is 10.2. The summed E-state index contributed by atoms with van der Waals surface area (Å²) in [5.41, 5.74) is 2.56. The summed E-state index contributed by atoms with van der Waals surface area (Å²) in [6, 6.07) is 13.1. The Balaban J connectivity index is 1.77. The topological polar surface area (TPSA) is 68.6 Å². The van der Waals surface area contributed by atoms with Crippen LogP contribution in [0.2, 0.25) is 5.02 Å². The molecule has 0 bridgehead atoms. The second-order valence-corrected chi connectivity index (χ2v) is 7.22. The number of halogens is 1. The zero-order valence-electron chi connectivity index (χ0n) is 17.5. The largest absolute Gasteiger partial charge is 0.493 e. The first-order chi connectivity index (χ1) is 14.4. The molecule has 1 amide bonds. The number of hydrogen-bond donors (Lipinski definition) is 1. The Labute approximate surface area is 181 Å². The molecule has 8 heteroatoms. The first-order valence-electron chi connectivity index (χ1n) is 9.52. The van der Waals surface area contributed by atoms with E-state index in [-0.39, 0.29) is 5.91 Å². The molecule has 0 aliphatic heterocycles. The van der Waals surface area contributed by atoms with Crippen molar-refractivity contribution in [2.75, 3.05) is 38.0 Å². The lowest BCUT2D eigenvalue weighted by molar-refractivity contribution is 0.102. The third kappa shape index (κ3) is 4.86. The van der Waals surface area contributed by atoms with E-state index in [1.165, 1.54) is 7.11 Å². The minimum Gasteiger partial charge on any atom is -0.493 e. The van der Waals surface area contributed by atoms with Crippen molar-refractivity contribution in [2.24, 2.45) is 0 Å². The zero-order chi connectivity index (χ0) is 21.7. The van der Waals surface area contributed by atoms with Crippen molar-refractivity contribution in [1.29, 1.82) is 0 Å². The molecule has 0 saturated heterocycles. The van der Waals surface area contributed by atoms with Gasteiger partial charge in [-0.3, -0.25) is 4.79 Å². The average molecular weight is 429 g/mol. The minimum atomic E-state index is -0.317. The number of aromatic nitrogens is 2. The van der Waals surface area contributed by atoms with E-state index < -0.39 is 0 Å². The maximum Gasteiger partial charge on any atom is 0.257 e. The summed E-state index contributed by atoms with van der Waals surface area (Å²) < 4.78 is 12.6. The molecule has 3 rings (SSSR count). The molecule has 0 radical (unpaired) electrons. The first kappa shape index (κ1) is 21.5. The van der Waals surface area contributed by atoms with Crippen LogP contribution in [0.25, 0.3) is 0 Å². The molecule has 2 aromatic carbocycles. The molecule has 7 nitrogen and oxygen atoms in total. The number of anilines is 2. The molecule has 0 unspecified atom stereocenters. The van der Waals surface area contributed by atoms with E-state index in [4.69, 9.17) is 21.1 Å². The van der Waals surface area contributed by atoms with Gasteiger partial charge in [0, 0.05) is 31.4 Å². The highest BCUT2D eigenvalue weighted by atomic mass is 35.5. The fourth-order valence-corrected chi connectivity index (χ4v) is 3.23. The summed E-state index contributed by atoms with van der Waals surface area (Å²) in [6.45, 7) is 2.82. The van der Waals surface area contributed by atoms with Crippen LogP contribution in [0.1, 0.15) is 22.8 Å². The van der Waals surface area contributed by atoms with Gasteiger partial charge in [0.25, 0.3) is 5.91 Å². The maximum absolute atomic E-state index is 12.8. The van der Waals surface area contributed by atoms with Gasteiger partial charge in [0.15, 0.2) is 11.5 Å². The van der Waals surface area contributed by atoms with Crippen molar-refractivity contribution < 1.29 is 14.3 Å². The molecule has 0 saturated carbocycles. The van der Waals surface area contributed by atoms with Crippen LogP contribution in [0.15, 0.2) is 48.7 Å². The minimum absolute atomic E-state index is 0.316. The van der Waals surface area contributed by atoms with Gasteiger partial charge in [0.2, 0.25) is 0 Å². The summed E-state index contributed by atoms with van der Waals surface area (Å²) in [5.74, 6) is 1.09. The summed E-state index contributed by atoms with van der Waals surface area (Å²) in [5, 5.41) is 7.53. The number of amides is 1. The molecule has 0 aliphatic rings. The number of benzene rings is 2. The van der Waals surface area contributed by atoms with E-state index in [0.29, 0.717) is 41.1 Å². The van der Waals surface area contributed by atoms with Crippen LogP contribution in [0, 0.1) is 0 Å². The smallest absolute Gasteiger partial charge is 0.257 e. The standard InChI is InChI=1S/C22H25ClN4O3/c1-5-30-21-18(23)12-16(13-19(21)29-4)22(28)25-20-10-11-24-27(20)14-15-6-8-17(9-7-15)26(2)3/h6-13H,5,14H2,1-4H3,(H,25,28). The van der Waals surface area contributed by atoms with Crippen LogP contribution < -0.4 is 19.7 Å². The number of nitrogens with zero attached hydrogens (tertiary/aromatic N) is 3. The van der Waals surface area contributed by atoms with Crippen LogP contribution in [0.3, 0.4) is 0 Å². The molecule has 0 atom stereocenters. The van der Waals surface area contributed by atoms with Gasteiger partial charge in [-0.2, -0.15) is 5.10 Å². The first-order valence-corrected chi connectivity index (χ1v) is 9.90. The predicted octanol–water partition coefficient (Wildman–Crippen LogP) is 4.31. The molecule has 0 spiro atoms. The van der Waals surface area contributed by atoms with E-state index in [1.807, 2.05) is 50.2 Å². The predicted molar refractivity (Wildman–Crippen MR) is 119 cm³/mol. The molecule has 0 aliphatic carbocycles. The Morgan fingerprint density at radius 1 is 1.20 bits per heavy atom. The number of carbonyl (C=O) groups excluding carboxylic acids is 1. The second-order valence-electron chi connectivity index (χ2n) is 6.81. The van der Waals surface area contributed by atoms with Crippen molar-refractivity contribution in [1.82, 2.24) is 9.78 Å². The fourth-order valence-electron chi connectivity index (χ4n) is 2.96. The van der Waals surface area contributed by atoms with Gasteiger partial charge in [-0.25, -0.2) is 4.68 Å². The third-order valence-corrected chi connectivity index (χ3v) is 4.80. The second kappa shape index (κ2) is 9.54. The van der Waals surface area contributed by atoms with Crippen LogP contribution >= 0.6 is 11.6 Å². The number of ether oxygens (including phenoxy) is 2. The van der Waals surface area contributed by atoms with Crippen molar-refractivity contribution in [3.8, 4) is 11.5 Å². The number of hydrogen-bond acceptors (Lipinski definition) is 5. The Morgan fingerprint density at radius 2 is 1.93 bits per heavy atom. The molecular formula is C22H25ClN4O3. The van der Waals surface area contributed by atoms with Crippen LogP contribution in [-0.2, 0) is 6.54 Å². The maximum atomic E-state index is 12.8. The Kier molecular flexibility index (Phi) is 6.84. The molecule has 158 valence electrons. The lowest BCUT2D eigenvalue weighted by Gasteiger charge is -2.14. The summed E-state index contributed by atoms with van der Waals surface area (Å²) >= 11 is 6.29. The highest BCUT2D eigenvalue weighted by Gasteiger charge is 2.17. The molecule has 0 fully saturated rings. The van der Waals surface area contributed by atoms with E-state index >= 15 is 0 Å². The van der Waals surface area contributed by atoms with Gasteiger partial charge in [0.1, 0.15) is 5.82 Å². The molecule has 30 heavy (non-hydrogen) atoms. The van der Waals surface area contributed by atoms with E-state index in [9.17, 15) is 4.79 Å². The number of methoxy groups -OCH3 is 1. The van der Waals surface area contributed by atoms with E-state index in [1.54, 1.807) is 29.1 Å². The van der Waals surface area contributed by atoms with Gasteiger partial charge >= 0.3 is 0 Å². The number of carbonyl (C=O) groups is 1. The Morgan fingerprint density at radius 3 is 2.57 bits per heavy atom. The Bertz CT molecular complexity index is 1020. The van der Waals surface area contributed by atoms with Gasteiger partial charge in [-0.1, -0.05) is 23.7 Å². The summed E-state index contributed by atoms with van der Waals surface area (Å²) in [4.78, 5) is 14.9. The molecule has 3 aromatic rings. The van der Waals surface area contributed by atoms with Crippen molar-refractivity contribution >= 4 is 29.0 Å². The highest BCUT2D eigenvalue weighted by Crippen LogP contribution is 2.36. The molecule has 1 heterocycles. The van der Waals surface area contributed by atoms with Crippen LogP contribution in [-0.4, -0.2) is 43.5 Å². The van der Waals surface area contributed by atoms with Crippen molar-refractivity contribution in [3.05, 3.63) is 64.8 Å². The fraction of sp³-hybridized carbons (Fsp3) is 0.273. The quantitative estimate of drug-likeness (QED) is 0.579. The van der Waals surface area contributed by atoms with Gasteiger partial charge in [0.05, 0.1) is 31.5 Å². The van der Waals surface area contributed by atoms with Gasteiger partial charge < -0.3 is 19.7 Å². The SMILES string of the molecule is CCOc1c(Cl)cc(C(=O)Nc2ccnn2Cc2ccc(N(C)C)cc2)cc1OC. The number of rotatable bonds is 8. The van der Waals surface area contributed by atoms with Gasteiger partial charge in [-0.05, 0) is 36.8 Å². The summed E-state index contributed by atoms with van der Waals surface area (Å²) in [6.07, 6.45) is 1.65. The number of nitrogens with one attached hydrogen (secondary N) is 1. The molecular weight excluding hydrogens is 404 g/mol. The monoisotopic (exact) mass is 428 g/mol.